The van der Waals surface area contributed by atoms with Crippen LogP contribution in [-0.4, -0.2) is 48.6 Å². The fourth-order valence-electron chi connectivity index (χ4n) is 4.08. The van der Waals surface area contributed by atoms with Gasteiger partial charge in [0, 0.05) is 42.0 Å². The summed E-state index contributed by atoms with van der Waals surface area (Å²) < 4.78 is 6.26. The first-order valence-electron chi connectivity index (χ1n) is 10.1. The highest BCUT2D eigenvalue weighted by molar-refractivity contribution is 7.21. The minimum Gasteiger partial charge on any atom is -0.383 e. The highest BCUT2D eigenvalue weighted by Gasteiger charge is 2.28. The molecule has 0 spiro atoms. The molecule has 0 bridgehead atoms. The molecular formula is C22H27N3O2S2. The number of aryl methyl sites for hydroxylation is 1. The zero-order chi connectivity index (χ0) is 20.2. The molecule has 0 saturated carbocycles. The van der Waals surface area contributed by atoms with Crippen molar-refractivity contribution in [1.29, 1.82) is 0 Å². The molecule has 0 radical (unpaired) electrons. The number of hydrogen-bond acceptors (Lipinski definition) is 6. The van der Waals surface area contributed by atoms with E-state index >= 15 is 0 Å². The third-order valence-corrected chi connectivity index (χ3v) is 7.57. The third-order valence-electron chi connectivity index (χ3n) is 5.46. The Morgan fingerprint density at radius 1 is 1.34 bits per heavy atom. The summed E-state index contributed by atoms with van der Waals surface area (Å²) in [7, 11) is 1.65. The molecular weight excluding hydrogens is 402 g/mol. The molecule has 1 N–H and O–H groups in total. The topological polar surface area (TPSA) is 54.5 Å². The Hall–Kier alpha value is -1.80. The van der Waals surface area contributed by atoms with E-state index in [4.69, 9.17) is 4.74 Å². The van der Waals surface area contributed by atoms with Gasteiger partial charge in [0.1, 0.15) is 0 Å². The quantitative estimate of drug-likeness (QED) is 0.544. The lowest BCUT2D eigenvalue weighted by molar-refractivity contribution is 0.0940. The van der Waals surface area contributed by atoms with Crippen LogP contribution in [0.25, 0.3) is 10.1 Å². The van der Waals surface area contributed by atoms with Crippen LogP contribution in [0.15, 0.2) is 30.5 Å². The van der Waals surface area contributed by atoms with Crippen molar-refractivity contribution in [2.75, 3.05) is 26.8 Å². The van der Waals surface area contributed by atoms with Gasteiger partial charge < -0.3 is 10.1 Å². The van der Waals surface area contributed by atoms with Crippen LogP contribution < -0.4 is 5.32 Å². The fourth-order valence-corrected chi connectivity index (χ4v) is 6.05. The Morgan fingerprint density at radius 2 is 2.21 bits per heavy atom. The largest absolute Gasteiger partial charge is 0.383 e. The van der Waals surface area contributed by atoms with Gasteiger partial charge in [0.15, 0.2) is 0 Å². The van der Waals surface area contributed by atoms with E-state index in [-0.39, 0.29) is 5.91 Å². The van der Waals surface area contributed by atoms with E-state index in [2.05, 4.69) is 40.3 Å². The smallest absolute Gasteiger partial charge is 0.261 e. The Bertz CT molecular complexity index is 982. The summed E-state index contributed by atoms with van der Waals surface area (Å²) in [5.74, 6) is 0.0147. The summed E-state index contributed by atoms with van der Waals surface area (Å²) >= 11 is 3.38. The number of aromatic nitrogens is 1. The number of nitrogens with zero attached hydrogens (tertiary/aromatic N) is 2. The molecule has 0 aliphatic carbocycles. The van der Waals surface area contributed by atoms with E-state index in [1.54, 1.807) is 29.8 Å². The van der Waals surface area contributed by atoms with Gasteiger partial charge in [0.2, 0.25) is 0 Å². The van der Waals surface area contributed by atoms with E-state index < -0.39 is 0 Å². The molecule has 5 nitrogen and oxygen atoms in total. The van der Waals surface area contributed by atoms with Gasteiger partial charge in [0.25, 0.3) is 5.91 Å². The number of carbonyl (C=O) groups is 1. The van der Waals surface area contributed by atoms with Crippen molar-refractivity contribution in [3.8, 4) is 0 Å². The molecule has 1 fully saturated rings. The van der Waals surface area contributed by atoms with Crippen LogP contribution in [-0.2, 0) is 17.7 Å². The first-order chi connectivity index (χ1) is 14.2. The van der Waals surface area contributed by atoms with E-state index in [9.17, 15) is 4.79 Å². The molecule has 1 aromatic carbocycles. The molecule has 29 heavy (non-hydrogen) atoms. The molecule has 3 aromatic rings. The highest BCUT2D eigenvalue weighted by Crippen LogP contribution is 2.35. The maximum atomic E-state index is 12.9. The number of thiazole rings is 1. The normalized spacial score (nSPS) is 17.2. The zero-order valence-electron chi connectivity index (χ0n) is 16.9. The monoisotopic (exact) mass is 429 g/mol. The number of carbonyl (C=O) groups excluding carboxylic acids is 1. The molecule has 0 unspecified atom stereocenters. The van der Waals surface area contributed by atoms with Crippen LogP contribution in [0.2, 0.25) is 0 Å². The van der Waals surface area contributed by atoms with Crippen molar-refractivity contribution < 1.29 is 9.53 Å². The van der Waals surface area contributed by atoms with Crippen molar-refractivity contribution in [2.45, 2.75) is 38.8 Å². The van der Waals surface area contributed by atoms with E-state index in [0.29, 0.717) is 19.2 Å². The van der Waals surface area contributed by atoms with Crippen molar-refractivity contribution in [3.05, 3.63) is 50.8 Å². The predicted octanol–water partition coefficient (Wildman–Crippen LogP) is 4.25. The van der Waals surface area contributed by atoms with Crippen LogP contribution in [0.3, 0.4) is 0 Å². The van der Waals surface area contributed by atoms with E-state index in [0.717, 1.165) is 29.4 Å². The molecule has 1 aliphatic rings. The number of rotatable bonds is 8. The van der Waals surface area contributed by atoms with Crippen LogP contribution in [0.1, 0.15) is 38.0 Å². The van der Waals surface area contributed by atoms with Gasteiger partial charge in [-0.05, 0) is 49.7 Å². The van der Waals surface area contributed by atoms with Gasteiger partial charge in [-0.15, -0.1) is 22.7 Å². The van der Waals surface area contributed by atoms with E-state index in [1.807, 2.05) is 12.3 Å². The Kier molecular flexibility index (Phi) is 6.60. The molecule has 3 heterocycles. The van der Waals surface area contributed by atoms with Gasteiger partial charge in [0.05, 0.1) is 16.5 Å². The summed E-state index contributed by atoms with van der Waals surface area (Å²) in [6, 6.07) is 8.84. The summed E-state index contributed by atoms with van der Waals surface area (Å²) in [4.78, 5) is 22.0. The Morgan fingerprint density at radius 3 is 3.00 bits per heavy atom. The second-order valence-corrected chi connectivity index (χ2v) is 9.84. The standard InChI is InChI=1S/C22H27N3O2S2/c1-15-24-13-17(28-15)14-25-10-5-6-16(25)12-19-18-7-3-4-8-20(18)29-21(19)22(26)23-9-11-27-2/h3-4,7-8,13,16H,5-6,9-12,14H2,1-2H3,(H,23,26)/t16-/m1/s1. The number of fused-ring (bicyclic) bond motifs is 1. The van der Waals surface area contributed by atoms with Crippen LogP contribution in [0.4, 0.5) is 0 Å². The van der Waals surface area contributed by atoms with Crippen LogP contribution >= 0.6 is 22.7 Å². The lowest BCUT2D eigenvalue weighted by atomic mass is 10.0. The van der Waals surface area contributed by atoms with E-state index in [1.165, 1.54) is 33.4 Å². The molecule has 1 saturated heterocycles. The maximum absolute atomic E-state index is 12.9. The second-order valence-electron chi connectivity index (χ2n) is 7.47. The lowest BCUT2D eigenvalue weighted by Gasteiger charge is -2.24. The molecule has 4 rings (SSSR count). The first kappa shape index (κ1) is 20.5. The summed E-state index contributed by atoms with van der Waals surface area (Å²) in [6.45, 7) is 5.17. The number of ether oxygens (including phenoxy) is 1. The molecule has 7 heteroatoms. The molecule has 2 aromatic heterocycles. The van der Waals surface area contributed by atoms with Crippen LogP contribution in [0, 0.1) is 6.92 Å². The Balaban J connectivity index is 1.57. The van der Waals surface area contributed by atoms with Crippen molar-refractivity contribution in [1.82, 2.24) is 15.2 Å². The minimum atomic E-state index is 0.0147. The summed E-state index contributed by atoms with van der Waals surface area (Å²) in [5.41, 5.74) is 1.19. The summed E-state index contributed by atoms with van der Waals surface area (Å²) in [6.07, 6.45) is 5.30. The molecule has 1 atom stereocenters. The molecule has 154 valence electrons. The van der Waals surface area contributed by atoms with Gasteiger partial charge in [-0.1, -0.05) is 18.2 Å². The van der Waals surface area contributed by atoms with Crippen molar-refractivity contribution in [3.63, 3.8) is 0 Å². The van der Waals surface area contributed by atoms with Crippen molar-refractivity contribution >= 4 is 38.7 Å². The Labute approximate surface area is 179 Å². The maximum Gasteiger partial charge on any atom is 0.261 e. The highest BCUT2D eigenvalue weighted by atomic mass is 32.1. The number of nitrogens with one attached hydrogen (secondary N) is 1. The number of benzene rings is 1. The predicted molar refractivity (Wildman–Crippen MR) is 120 cm³/mol. The number of likely N-dealkylation sites (tertiary alicyclic amines) is 1. The number of thiophene rings is 1. The van der Waals surface area contributed by atoms with Gasteiger partial charge >= 0.3 is 0 Å². The number of amides is 1. The molecule has 1 amide bonds. The number of methoxy groups -OCH3 is 1. The lowest BCUT2D eigenvalue weighted by Crippen LogP contribution is -2.31. The van der Waals surface area contributed by atoms with Crippen LogP contribution in [0.5, 0.6) is 0 Å². The SMILES string of the molecule is COCCNC(=O)c1sc2ccccc2c1C[C@H]1CCCN1Cc1cnc(C)s1. The summed E-state index contributed by atoms with van der Waals surface area (Å²) in [5, 5.41) is 5.34. The molecule has 1 aliphatic heterocycles. The fraction of sp³-hybridized carbons (Fsp3) is 0.455. The van der Waals surface area contributed by atoms with Gasteiger partial charge in [-0.25, -0.2) is 4.98 Å². The van der Waals surface area contributed by atoms with Gasteiger partial charge in [-0.3, -0.25) is 9.69 Å². The van der Waals surface area contributed by atoms with Gasteiger partial charge in [-0.2, -0.15) is 0 Å². The third kappa shape index (κ3) is 4.69. The average molecular weight is 430 g/mol. The number of hydrogen-bond donors (Lipinski definition) is 1. The average Bonchev–Trinajstić information content (AvgIpc) is 3.43. The second kappa shape index (κ2) is 9.34. The first-order valence-corrected chi connectivity index (χ1v) is 11.7. The minimum absolute atomic E-state index is 0.0147. The van der Waals surface area contributed by atoms with Crippen molar-refractivity contribution in [2.24, 2.45) is 0 Å². The zero-order valence-corrected chi connectivity index (χ0v) is 18.6.